The number of hydrogen-bond acceptors (Lipinski definition) is 4. The van der Waals surface area contributed by atoms with E-state index in [0.717, 1.165) is 24.3 Å². The molecule has 7 heteroatoms. The second-order valence-corrected chi connectivity index (χ2v) is 7.77. The second kappa shape index (κ2) is 13.7. The van der Waals surface area contributed by atoms with Crippen LogP contribution in [-0.2, 0) is 20.8 Å². The predicted molar refractivity (Wildman–Crippen MR) is 112 cm³/mol. The van der Waals surface area contributed by atoms with Crippen molar-refractivity contribution in [2.75, 3.05) is 13.1 Å². The lowest BCUT2D eigenvalue weighted by Gasteiger charge is -2.22. The van der Waals surface area contributed by atoms with Crippen LogP contribution < -0.4 is 5.32 Å². The van der Waals surface area contributed by atoms with Gasteiger partial charge in [0.05, 0.1) is 13.0 Å². The molecule has 0 aliphatic heterocycles. The van der Waals surface area contributed by atoms with Crippen LogP contribution in [0.2, 0.25) is 0 Å². The van der Waals surface area contributed by atoms with E-state index in [1.54, 1.807) is 19.3 Å². The van der Waals surface area contributed by atoms with Crippen LogP contribution in [0.25, 0.3) is 0 Å². The van der Waals surface area contributed by atoms with Crippen LogP contribution in [-0.4, -0.2) is 51.9 Å². The van der Waals surface area contributed by atoms with Gasteiger partial charge >= 0.3 is 5.97 Å². The Balaban J connectivity index is 0.000000929. The molecule has 1 atom stereocenters. The van der Waals surface area contributed by atoms with Gasteiger partial charge < -0.3 is 15.3 Å². The highest BCUT2D eigenvalue weighted by atomic mass is 16.4. The van der Waals surface area contributed by atoms with Crippen LogP contribution in [0.1, 0.15) is 64.9 Å². The third-order valence-electron chi connectivity index (χ3n) is 4.54. The van der Waals surface area contributed by atoms with E-state index in [4.69, 9.17) is 5.11 Å². The number of carboxylic acid groups (broad SMARTS) is 1. The number of amides is 2. The Kier molecular flexibility index (Phi) is 11.6. The van der Waals surface area contributed by atoms with Crippen molar-refractivity contribution >= 4 is 17.8 Å². The normalized spacial score (nSPS) is 13.6. The molecule has 2 amide bonds. The van der Waals surface area contributed by atoms with E-state index in [9.17, 15) is 14.4 Å². The molecule has 1 unspecified atom stereocenters. The summed E-state index contributed by atoms with van der Waals surface area (Å²) in [6.45, 7) is 6.33. The van der Waals surface area contributed by atoms with E-state index in [-0.39, 0.29) is 24.8 Å². The Labute approximate surface area is 173 Å². The van der Waals surface area contributed by atoms with Gasteiger partial charge in [-0.15, -0.1) is 0 Å². The molecule has 1 aromatic heterocycles. The molecule has 0 bridgehead atoms. The van der Waals surface area contributed by atoms with Gasteiger partial charge in [-0.25, -0.2) is 0 Å². The number of nitrogens with zero attached hydrogens (tertiary/aromatic N) is 2. The SMILES string of the molecule is CC1CC1.CCCN(CC(=O)NC(C)CC(=O)O)C(=O)CCCc1ccncc1. The summed E-state index contributed by atoms with van der Waals surface area (Å²) in [5.74, 6) is -0.271. The van der Waals surface area contributed by atoms with Gasteiger partial charge in [0.25, 0.3) is 0 Å². The van der Waals surface area contributed by atoms with Gasteiger partial charge in [-0.05, 0) is 49.8 Å². The Morgan fingerprint density at radius 1 is 1.28 bits per heavy atom. The number of aromatic nitrogens is 1. The number of aryl methyl sites for hydroxylation is 1. The molecule has 0 radical (unpaired) electrons. The highest BCUT2D eigenvalue weighted by molar-refractivity contribution is 5.85. The zero-order chi connectivity index (χ0) is 21.6. The number of carbonyl (C=O) groups excluding carboxylic acids is 2. The molecule has 1 heterocycles. The quantitative estimate of drug-likeness (QED) is 0.589. The van der Waals surface area contributed by atoms with Crippen molar-refractivity contribution in [1.82, 2.24) is 15.2 Å². The van der Waals surface area contributed by atoms with Crippen LogP contribution in [0, 0.1) is 5.92 Å². The van der Waals surface area contributed by atoms with Crippen molar-refractivity contribution in [2.45, 2.75) is 71.8 Å². The first-order chi connectivity index (χ1) is 13.8. The summed E-state index contributed by atoms with van der Waals surface area (Å²) in [5.41, 5.74) is 1.13. The Hall–Kier alpha value is -2.44. The molecule has 0 spiro atoms. The molecule has 1 saturated carbocycles. The van der Waals surface area contributed by atoms with E-state index >= 15 is 0 Å². The lowest BCUT2D eigenvalue weighted by Crippen LogP contribution is -2.44. The maximum absolute atomic E-state index is 12.4. The number of rotatable bonds is 11. The molecule has 1 fully saturated rings. The average molecular weight is 406 g/mol. The van der Waals surface area contributed by atoms with Crippen molar-refractivity contribution in [3.05, 3.63) is 30.1 Å². The molecule has 2 rings (SSSR count). The zero-order valence-corrected chi connectivity index (χ0v) is 17.9. The molecule has 7 nitrogen and oxygen atoms in total. The number of pyridine rings is 1. The maximum atomic E-state index is 12.4. The smallest absolute Gasteiger partial charge is 0.305 e. The summed E-state index contributed by atoms with van der Waals surface area (Å²) >= 11 is 0. The standard InChI is InChI=1S/C18H27N3O4.C4H8/c1-3-11-21(13-16(22)20-14(2)12-18(24)25)17(23)6-4-5-15-7-9-19-10-8-15;1-4-2-3-4/h7-10,14H,3-6,11-13H2,1-2H3,(H,20,22)(H,24,25);4H,2-3H2,1H3. The highest BCUT2D eigenvalue weighted by Gasteiger charge is 2.18. The molecular formula is C22H35N3O4. The highest BCUT2D eigenvalue weighted by Crippen LogP contribution is 2.26. The lowest BCUT2D eigenvalue weighted by atomic mass is 10.1. The Morgan fingerprint density at radius 2 is 1.90 bits per heavy atom. The van der Waals surface area contributed by atoms with Crippen molar-refractivity contribution < 1.29 is 19.5 Å². The summed E-state index contributed by atoms with van der Waals surface area (Å²) in [5, 5.41) is 11.3. The van der Waals surface area contributed by atoms with Crippen LogP contribution in [0.4, 0.5) is 0 Å². The lowest BCUT2D eigenvalue weighted by molar-refractivity contribution is -0.139. The maximum Gasteiger partial charge on any atom is 0.305 e. The first kappa shape index (κ1) is 24.6. The Morgan fingerprint density at radius 3 is 2.41 bits per heavy atom. The fraction of sp³-hybridized carbons (Fsp3) is 0.636. The fourth-order valence-corrected chi connectivity index (χ4v) is 2.69. The van der Waals surface area contributed by atoms with Crippen molar-refractivity contribution in [1.29, 1.82) is 0 Å². The summed E-state index contributed by atoms with van der Waals surface area (Å²) in [6.07, 6.45) is 8.91. The molecule has 1 aromatic rings. The minimum absolute atomic E-state index is 0.0358. The van der Waals surface area contributed by atoms with Gasteiger partial charge in [-0.3, -0.25) is 19.4 Å². The third kappa shape index (κ3) is 12.6. The molecule has 1 aliphatic rings. The van der Waals surface area contributed by atoms with Gasteiger partial charge in [0.2, 0.25) is 11.8 Å². The zero-order valence-electron chi connectivity index (χ0n) is 17.9. The number of hydrogen-bond donors (Lipinski definition) is 2. The molecule has 0 saturated heterocycles. The number of aliphatic carboxylic acids is 1. The summed E-state index contributed by atoms with van der Waals surface area (Å²) in [6, 6.07) is 3.38. The number of carbonyl (C=O) groups is 3. The molecule has 29 heavy (non-hydrogen) atoms. The first-order valence-electron chi connectivity index (χ1n) is 10.5. The molecular weight excluding hydrogens is 370 g/mol. The summed E-state index contributed by atoms with van der Waals surface area (Å²) < 4.78 is 0. The summed E-state index contributed by atoms with van der Waals surface area (Å²) in [7, 11) is 0. The van der Waals surface area contributed by atoms with E-state index in [1.807, 2.05) is 19.1 Å². The third-order valence-corrected chi connectivity index (χ3v) is 4.54. The largest absolute Gasteiger partial charge is 0.481 e. The van der Waals surface area contributed by atoms with Crippen LogP contribution >= 0.6 is 0 Å². The summed E-state index contributed by atoms with van der Waals surface area (Å²) in [4.78, 5) is 40.5. The minimum atomic E-state index is -0.967. The topological polar surface area (TPSA) is 99.6 Å². The van der Waals surface area contributed by atoms with Crippen molar-refractivity contribution in [3.8, 4) is 0 Å². The molecule has 162 valence electrons. The van der Waals surface area contributed by atoms with E-state index in [2.05, 4.69) is 17.2 Å². The number of carboxylic acids is 1. The minimum Gasteiger partial charge on any atom is -0.481 e. The van der Waals surface area contributed by atoms with Gasteiger partial charge in [-0.1, -0.05) is 26.7 Å². The average Bonchev–Trinajstić information content (AvgIpc) is 3.44. The van der Waals surface area contributed by atoms with Gasteiger partial charge in [-0.2, -0.15) is 0 Å². The second-order valence-electron chi connectivity index (χ2n) is 7.77. The van der Waals surface area contributed by atoms with E-state index in [0.29, 0.717) is 19.4 Å². The van der Waals surface area contributed by atoms with Crippen molar-refractivity contribution in [2.24, 2.45) is 5.92 Å². The van der Waals surface area contributed by atoms with Gasteiger partial charge in [0.1, 0.15) is 0 Å². The number of nitrogens with one attached hydrogen (secondary N) is 1. The monoisotopic (exact) mass is 405 g/mol. The van der Waals surface area contributed by atoms with Crippen LogP contribution in [0.5, 0.6) is 0 Å². The van der Waals surface area contributed by atoms with Gasteiger partial charge in [0, 0.05) is 31.4 Å². The van der Waals surface area contributed by atoms with Crippen LogP contribution in [0.15, 0.2) is 24.5 Å². The van der Waals surface area contributed by atoms with Gasteiger partial charge in [0.15, 0.2) is 0 Å². The predicted octanol–water partition coefficient (Wildman–Crippen LogP) is 3.04. The molecule has 1 aliphatic carbocycles. The Bertz CT molecular complexity index is 632. The fourth-order valence-electron chi connectivity index (χ4n) is 2.69. The van der Waals surface area contributed by atoms with E-state index in [1.165, 1.54) is 17.7 Å². The van der Waals surface area contributed by atoms with E-state index < -0.39 is 12.0 Å². The molecule has 2 N–H and O–H groups in total. The first-order valence-corrected chi connectivity index (χ1v) is 10.5. The molecule has 0 aromatic carbocycles. The van der Waals surface area contributed by atoms with Crippen molar-refractivity contribution in [3.63, 3.8) is 0 Å². The van der Waals surface area contributed by atoms with Crippen LogP contribution in [0.3, 0.4) is 0 Å².